The average molecular weight is 272 g/mol. The molecule has 0 aliphatic carbocycles. The van der Waals surface area contributed by atoms with Crippen molar-refractivity contribution in [3.05, 3.63) is 41.5 Å². The summed E-state index contributed by atoms with van der Waals surface area (Å²) >= 11 is 0. The van der Waals surface area contributed by atoms with Gasteiger partial charge in [-0.15, -0.1) is 0 Å². The average Bonchev–Trinajstić information content (AvgIpc) is 2.33. The smallest absolute Gasteiger partial charge is 0.416 e. The number of aliphatic carboxylic acids is 1. The van der Waals surface area contributed by atoms with Crippen LogP contribution in [0.1, 0.15) is 37.3 Å². The normalized spacial score (nSPS) is 12.5. The van der Waals surface area contributed by atoms with Crippen LogP contribution in [-0.2, 0) is 11.0 Å². The van der Waals surface area contributed by atoms with Crippen molar-refractivity contribution < 1.29 is 23.1 Å². The molecule has 0 unspecified atom stereocenters. The van der Waals surface area contributed by atoms with E-state index in [9.17, 15) is 18.0 Å². The van der Waals surface area contributed by atoms with Gasteiger partial charge in [-0.05, 0) is 24.1 Å². The Balaban J connectivity index is 2.99. The van der Waals surface area contributed by atoms with Crippen molar-refractivity contribution >= 4 is 11.5 Å². The number of carbonyl (C=O) groups is 1. The quantitative estimate of drug-likeness (QED) is 0.638. The first-order valence-corrected chi connectivity index (χ1v) is 5.97. The first kappa shape index (κ1) is 15.3. The minimum Gasteiger partial charge on any atom is -0.478 e. The second-order valence-corrected chi connectivity index (χ2v) is 4.14. The number of alkyl halides is 3. The molecule has 0 radical (unpaired) electrons. The van der Waals surface area contributed by atoms with Gasteiger partial charge in [-0.1, -0.05) is 38.0 Å². The van der Waals surface area contributed by atoms with Gasteiger partial charge in [0, 0.05) is 0 Å². The van der Waals surface area contributed by atoms with E-state index in [0.29, 0.717) is 6.42 Å². The lowest BCUT2D eigenvalue weighted by Crippen LogP contribution is -2.05. The number of benzene rings is 1. The molecule has 0 aliphatic rings. The summed E-state index contributed by atoms with van der Waals surface area (Å²) in [4.78, 5) is 11.1. The third kappa shape index (κ3) is 4.43. The van der Waals surface area contributed by atoms with Crippen LogP contribution in [-0.4, -0.2) is 11.1 Å². The lowest BCUT2D eigenvalue weighted by atomic mass is 10.0. The molecule has 0 heterocycles. The van der Waals surface area contributed by atoms with E-state index in [4.69, 9.17) is 5.11 Å². The number of hydrogen-bond acceptors (Lipinski definition) is 1. The molecule has 1 aromatic carbocycles. The Kier molecular flexibility index (Phi) is 5.15. The fourth-order valence-corrected chi connectivity index (χ4v) is 1.62. The summed E-state index contributed by atoms with van der Waals surface area (Å²) in [5.74, 6) is -1.13. The van der Waals surface area contributed by atoms with Gasteiger partial charge >= 0.3 is 12.1 Å². The predicted molar refractivity (Wildman–Crippen MR) is 66.6 cm³/mol. The second kappa shape index (κ2) is 6.41. The maximum atomic E-state index is 12.4. The molecule has 0 saturated carbocycles. The molecule has 0 spiro atoms. The zero-order valence-corrected chi connectivity index (χ0v) is 10.5. The summed E-state index contributed by atoms with van der Waals surface area (Å²) in [7, 11) is 0. The van der Waals surface area contributed by atoms with Crippen LogP contribution in [0.5, 0.6) is 0 Å². The molecule has 0 atom stereocenters. The van der Waals surface area contributed by atoms with Crippen molar-refractivity contribution in [2.24, 2.45) is 0 Å². The minimum absolute atomic E-state index is 0.0437. The SMILES string of the molecule is CCCC/C=C(/C(=O)O)c1ccc(C(F)(F)F)cc1. The van der Waals surface area contributed by atoms with E-state index >= 15 is 0 Å². The van der Waals surface area contributed by atoms with Gasteiger partial charge in [0.05, 0.1) is 11.1 Å². The van der Waals surface area contributed by atoms with Crippen LogP contribution in [0.15, 0.2) is 30.3 Å². The Morgan fingerprint density at radius 2 is 1.84 bits per heavy atom. The third-order valence-electron chi connectivity index (χ3n) is 2.66. The number of unbranched alkanes of at least 4 members (excludes halogenated alkanes) is 2. The summed E-state index contributed by atoms with van der Waals surface area (Å²) in [6.07, 6.45) is -0.491. The highest BCUT2D eigenvalue weighted by atomic mass is 19.4. The molecular formula is C14H15F3O2. The standard InChI is InChI=1S/C14H15F3O2/c1-2-3-4-5-12(13(18)19)10-6-8-11(9-7-10)14(15,16)17/h5-9H,2-4H2,1H3,(H,18,19)/b12-5+. The van der Waals surface area contributed by atoms with E-state index < -0.39 is 17.7 Å². The molecule has 19 heavy (non-hydrogen) atoms. The van der Waals surface area contributed by atoms with Gasteiger partial charge < -0.3 is 5.11 Å². The number of allylic oxidation sites excluding steroid dienone is 1. The van der Waals surface area contributed by atoms with Crippen molar-refractivity contribution in [3.8, 4) is 0 Å². The Bertz CT molecular complexity index is 459. The van der Waals surface area contributed by atoms with Crippen LogP contribution in [0, 0.1) is 0 Å². The van der Waals surface area contributed by atoms with Crippen molar-refractivity contribution in [2.45, 2.75) is 32.4 Å². The van der Waals surface area contributed by atoms with Gasteiger partial charge in [-0.2, -0.15) is 13.2 Å². The first-order valence-electron chi connectivity index (χ1n) is 5.97. The summed E-state index contributed by atoms with van der Waals surface area (Å²) in [5, 5.41) is 9.06. The van der Waals surface area contributed by atoms with Crippen LogP contribution in [0.25, 0.3) is 5.57 Å². The third-order valence-corrected chi connectivity index (χ3v) is 2.66. The number of carboxylic acid groups (broad SMARTS) is 1. The largest absolute Gasteiger partial charge is 0.478 e. The van der Waals surface area contributed by atoms with Crippen molar-refractivity contribution in [2.75, 3.05) is 0 Å². The van der Waals surface area contributed by atoms with Crippen LogP contribution in [0.4, 0.5) is 13.2 Å². The van der Waals surface area contributed by atoms with Crippen LogP contribution in [0.3, 0.4) is 0 Å². The molecule has 2 nitrogen and oxygen atoms in total. The summed E-state index contributed by atoms with van der Waals surface area (Å²) in [5.41, 5.74) is -0.451. The van der Waals surface area contributed by atoms with Crippen LogP contribution in [0.2, 0.25) is 0 Å². The highest BCUT2D eigenvalue weighted by molar-refractivity contribution is 6.15. The van der Waals surface area contributed by atoms with Gasteiger partial charge in [-0.25, -0.2) is 4.79 Å². The molecule has 0 amide bonds. The van der Waals surface area contributed by atoms with E-state index in [1.54, 1.807) is 6.08 Å². The Labute approximate surface area is 109 Å². The Morgan fingerprint density at radius 1 is 1.26 bits per heavy atom. The second-order valence-electron chi connectivity index (χ2n) is 4.14. The van der Waals surface area contributed by atoms with Gasteiger partial charge in [0.25, 0.3) is 0 Å². The van der Waals surface area contributed by atoms with Gasteiger partial charge in [0.2, 0.25) is 0 Å². The monoisotopic (exact) mass is 272 g/mol. The predicted octanol–water partition coefficient (Wildman–Crippen LogP) is 4.36. The molecule has 0 bridgehead atoms. The van der Waals surface area contributed by atoms with E-state index in [1.165, 1.54) is 12.1 Å². The number of carboxylic acids is 1. The van der Waals surface area contributed by atoms with Gasteiger partial charge in [-0.3, -0.25) is 0 Å². The fraction of sp³-hybridized carbons (Fsp3) is 0.357. The van der Waals surface area contributed by atoms with Crippen molar-refractivity contribution in [3.63, 3.8) is 0 Å². The fourth-order valence-electron chi connectivity index (χ4n) is 1.62. The molecule has 0 aliphatic heterocycles. The van der Waals surface area contributed by atoms with Crippen molar-refractivity contribution in [1.82, 2.24) is 0 Å². The van der Waals surface area contributed by atoms with E-state index in [0.717, 1.165) is 25.0 Å². The zero-order valence-electron chi connectivity index (χ0n) is 10.5. The van der Waals surface area contributed by atoms with E-state index in [1.807, 2.05) is 6.92 Å². The first-order chi connectivity index (χ1) is 8.86. The van der Waals surface area contributed by atoms with E-state index in [-0.39, 0.29) is 11.1 Å². The zero-order chi connectivity index (χ0) is 14.5. The Hall–Kier alpha value is -1.78. The molecule has 1 rings (SSSR count). The highest BCUT2D eigenvalue weighted by Gasteiger charge is 2.30. The molecule has 104 valence electrons. The lowest BCUT2D eigenvalue weighted by molar-refractivity contribution is -0.137. The lowest BCUT2D eigenvalue weighted by Gasteiger charge is -2.08. The maximum absolute atomic E-state index is 12.4. The van der Waals surface area contributed by atoms with Crippen LogP contribution < -0.4 is 0 Å². The van der Waals surface area contributed by atoms with Gasteiger partial charge in [0.15, 0.2) is 0 Å². The summed E-state index contributed by atoms with van der Waals surface area (Å²) in [6, 6.07) is 4.17. The minimum atomic E-state index is -4.41. The Morgan fingerprint density at radius 3 is 2.26 bits per heavy atom. The molecule has 5 heteroatoms. The van der Waals surface area contributed by atoms with E-state index in [2.05, 4.69) is 0 Å². The molecule has 0 saturated heterocycles. The van der Waals surface area contributed by atoms with Crippen molar-refractivity contribution in [1.29, 1.82) is 0 Å². The topological polar surface area (TPSA) is 37.3 Å². The number of rotatable bonds is 5. The molecule has 0 aromatic heterocycles. The maximum Gasteiger partial charge on any atom is 0.416 e. The summed E-state index contributed by atoms with van der Waals surface area (Å²) < 4.78 is 37.2. The molecular weight excluding hydrogens is 257 g/mol. The summed E-state index contributed by atoms with van der Waals surface area (Å²) in [6.45, 7) is 1.98. The number of halogens is 3. The molecule has 1 N–H and O–H groups in total. The van der Waals surface area contributed by atoms with Crippen LogP contribution >= 0.6 is 0 Å². The molecule has 1 aromatic rings. The van der Waals surface area contributed by atoms with Gasteiger partial charge in [0.1, 0.15) is 0 Å². The highest BCUT2D eigenvalue weighted by Crippen LogP contribution is 2.30. The number of hydrogen-bond donors (Lipinski definition) is 1. The molecule has 0 fully saturated rings.